The van der Waals surface area contributed by atoms with Crippen molar-refractivity contribution in [3.05, 3.63) is 85.1 Å². The fraction of sp³-hybridized carbons (Fsp3) is 0.712. The predicted molar refractivity (Wildman–Crippen MR) is 248 cm³/mol. The van der Waals surface area contributed by atoms with Crippen LogP contribution >= 0.6 is 0 Å². The number of carbonyl (C=O) groups excluding carboxylic acids is 1. The molecule has 322 valence electrons. The number of hydrogen-bond donors (Lipinski definition) is 3. The van der Waals surface area contributed by atoms with Crippen LogP contribution in [0.2, 0.25) is 0 Å². The van der Waals surface area contributed by atoms with Gasteiger partial charge in [0.15, 0.2) is 0 Å². The van der Waals surface area contributed by atoms with Gasteiger partial charge in [-0.2, -0.15) is 0 Å². The number of amides is 1. The molecule has 0 radical (unpaired) electrons. The minimum atomic E-state index is -0.891. The van der Waals surface area contributed by atoms with E-state index in [1.165, 1.54) is 135 Å². The lowest BCUT2D eigenvalue weighted by molar-refractivity contribution is -0.122. The standard InChI is InChI=1S/C52H91NO3/c1-3-5-7-9-11-13-15-17-19-21-22-23-24-25-26-27-28-29-30-32-33-35-37-39-41-43-45-47-51(55)50(49-54)53-52(56)48-46-44-42-40-38-36-34-31-20-18-16-14-12-10-8-6-4-2/h6,8,12,14,18,20,34,36-37,39-40,42,45,47,50-51,54-55H,3-5,7,9-11,13,15-17,19,21-33,35,38,41,43-44,46,48-49H2,1-2H3,(H,53,56)/b8-6-,14-12-,20-18-,36-34-,39-37+,42-40-,47-45+. The number of rotatable bonds is 42. The molecule has 56 heavy (non-hydrogen) atoms. The lowest BCUT2D eigenvalue weighted by atomic mass is 10.0. The summed E-state index contributed by atoms with van der Waals surface area (Å²) < 4.78 is 0. The Morgan fingerprint density at radius 3 is 1.25 bits per heavy atom. The summed E-state index contributed by atoms with van der Waals surface area (Å²) in [6.07, 6.45) is 68.6. The van der Waals surface area contributed by atoms with Gasteiger partial charge < -0.3 is 15.5 Å². The Morgan fingerprint density at radius 2 is 0.804 bits per heavy atom. The Bertz CT molecular complexity index is 1020. The minimum Gasteiger partial charge on any atom is -0.394 e. The fourth-order valence-electron chi connectivity index (χ4n) is 6.76. The lowest BCUT2D eigenvalue weighted by Crippen LogP contribution is -2.45. The monoisotopic (exact) mass is 778 g/mol. The van der Waals surface area contributed by atoms with E-state index in [2.05, 4.69) is 92.1 Å². The second-order valence-electron chi connectivity index (χ2n) is 15.8. The van der Waals surface area contributed by atoms with Crippen LogP contribution < -0.4 is 5.32 Å². The summed E-state index contributed by atoms with van der Waals surface area (Å²) >= 11 is 0. The molecule has 0 aromatic heterocycles. The van der Waals surface area contributed by atoms with Crippen LogP contribution in [0.25, 0.3) is 0 Å². The molecule has 2 unspecified atom stereocenters. The summed E-state index contributed by atoms with van der Waals surface area (Å²) in [5.74, 6) is -0.132. The average molecular weight is 778 g/mol. The SMILES string of the molecule is CC/C=C\C/C=C\C/C=C\C/C=C\C/C=C\CCCC(=O)NC(CO)C(O)/C=C/CC/C=C/CCCCCCCCCCCCCCCCCCCCCCC. The molecule has 2 atom stereocenters. The second-order valence-corrected chi connectivity index (χ2v) is 15.8. The van der Waals surface area contributed by atoms with Crippen molar-refractivity contribution in [2.45, 2.75) is 231 Å². The van der Waals surface area contributed by atoms with Gasteiger partial charge in [0.1, 0.15) is 0 Å². The van der Waals surface area contributed by atoms with Crippen molar-refractivity contribution in [3.8, 4) is 0 Å². The number of aliphatic hydroxyl groups is 2. The van der Waals surface area contributed by atoms with Gasteiger partial charge in [-0.25, -0.2) is 0 Å². The third kappa shape index (κ3) is 42.7. The highest BCUT2D eigenvalue weighted by Crippen LogP contribution is 2.15. The number of allylic oxidation sites excluding steroid dienone is 13. The Hall–Kier alpha value is -2.43. The van der Waals surface area contributed by atoms with Crippen molar-refractivity contribution in [2.24, 2.45) is 0 Å². The lowest BCUT2D eigenvalue weighted by Gasteiger charge is -2.19. The first kappa shape index (κ1) is 53.6. The Morgan fingerprint density at radius 1 is 0.446 bits per heavy atom. The summed E-state index contributed by atoms with van der Waals surface area (Å²) in [5.41, 5.74) is 0. The first-order valence-corrected chi connectivity index (χ1v) is 23.8. The van der Waals surface area contributed by atoms with Crippen LogP contribution in [0.15, 0.2) is 85.1 Å². The van der Waals surface area contributed by atoms with Crippen molar-refractivity contribution in [2.75, 3.05) is 6.61 Å². The number of aliphatic hydroxyl groups excluding tert-OH is 2. The van der Waals surface area contributed by atoms with Gasteiger partial charge in [-0.1, -0.05) is 227 Å². The Labute approximate surface area is 348 Å². The Balaban J connectivity index is 3.65. The fourth-order valence-corrected chi connectivity index (χ4v) is 6.76. The molecule has 3 N–H and O–H groups in total. The molecule has 4 heteroatoms. The van der Waals surface area contributed by atoms with Gasteiger partial charge in [0, 0.05) is 6.42 Å². The van der Waals surface area contributed by atoms with E-state index < -0.39 is 12.1 Å². The van der Waals surface area contributed by atoms with Crippen LogP contribution in [0.5, 0.6) is 0 Å². The largest absolute Gasteiger partial charge is 0.394 e. The van der Waals surface area contributed by atoms with E-state index in [-0.39, 0.29) is 12.5 Å². The van der Waals surface area contributed by atoms with Crippen LogP contribution in [0.4, 0.5) is 0 Å². The average Bonchev–Trinajstić information content (AvgIpc) is 3.20. The molecule has 0 aliphatic carbocycles. The van der Waals surface area contributed by atoms with Crippen molar-refractivity contribution in [1.29, 1.82) is 0 Å². The molecule has 0 bridgehead atoms. The third-order valence-corrected chi connectivity index (χ3v) is 10.4. The number of unbranched alkanes of at least 4 members (excludes halogenated alkanes) is 23. The van der Waals surface area contributed by atoms with Crippen LogP contribution in [0.1, 0.15) is 219 Å². The summed E-state index contributed by atoms with van der Waals surface area (Å²) in [6, 6.07) is -0.674. The molecule has 0 aliphatic heterocycles. The van der Waals surface area contributed by atoms with E-state index >= 15 is 0 Å². The molecular weight excluding hydrogens is 687 g/mol. The van der Waals surface area contributed by atoms with Gasteiger partial charge in [0.2, 0.25) is 5.91 Å². The molecule has 0 spiro atoms. The molecule has 0 fully saturated rings. The van der Waals surface area contributed by atoms with Gasteiger partial charge in [0.25, 0.3) is 0 Å². The van der Waals surface area contributed by atoms with Crippen molar-refractivity contribution < 1.29 is 15.0 Å². The van der Waals surface area contributed by atoms with Gasteiger partial charge in [-0.15, -0.1) is 0 Å². The zero-order valence-electron chi connectivity index (χ0n) is 36.9. The van der Waals surface area contributed by atoms with E-state index in [1.807, 2.05) is 6.08 Å². The maximum atomic E-state index is 12.4. The molecule has 0 saturated heterocycles. The van der Waals surface area contributed by atoms with E-state index in [1.54, 1.807) is 6.08 Å². The van der Waals surface area contributed by atoms with Crippen LogP contribution in [0.3, 0.4) is 0 Å². The second kappa shape index (κ2) is 46.9. The van der Waals surface area contributed by atoms with Crippen molar-refractivity contribution >= 4 is 5.91 Å². The van der Waals surface area contributed by atoms with Gasteiger partial charge in [0.05, 0.1) is 18.8 Å². The highest BCUT2D eigenvalue weighted by atomic mass is 16.3. The van der Waals surface area contributed by atoms with Crippen LogP contribution in [-0.2, 0) is 4.79 Å². The quantitative estimate of drug-likeness (QED) is 0.0427. The topological polar surface area (TPSA) is 69.6 Å². The Kier molecular flexibility index (Phi) is 44.9. The molecule has 0 heterocycles. The normalized spacial score (nSPS) is 13.7. The summed E-state index contributed by atoms with van der Waals surface area (Å²) in [4.78, 5) is 12.4. The number of hydrogen-bond acceptors (Lipinski definition) is 3. The molecule has 0 aromatic rings. The number of carbonyl (C=O) groups is 1. The molecule has 0 aliphatic rings. The molecule has 1 amide bonds. The number of nitrogens with one attached hydrogen (secondary N) is 1. The highest BCUT2D eigenvalue weighted by molar-refractivity contribution is 5.76. The van der Waals surface area contributed by atoms with Crippen LogP contribution in [-0.4, -0.2) is 34.9 Å². The van der Waals surface area contributed by atoms with Crippen molar-refractivity contribution in [1.82, 2.24) is 5.32 Å². The van der Waals surface area contributed by atoms with Gasteiger partial charge in [-0.05, 0) is 70.6 Å². The van der Waals surface area contributed by atoms with Crippen molar-refractivity contribution in [3.63, 3.8) is 0 Å². The van der Waals surface area contributed by atoms with Gasteiger partial charge >= 0.3 is 0 Å². The smallest absolute Gasteiger partial charge is 0.220 e. The maximum Gasteiger partial charge on any atom is 0.220 e. The first-order valence-electron chi connectivity index (χ1n) is 23.8. The van der Waals surface area contributed by atoms with E-state index in [0.717, 1.165) is 64.2 Å². The maximum absolute atomic E-state index is 12.4. The molecule has 4 nitrogen and oxygen atoms in total. The zero-order valence-corrected chi connectivity index (χ0v) is 36.9. The van der Waals surface area contributed by atoms with Crippen LogP contribution in [0, 0.1) is 0 Å². The van der Waals surface area contributed by atoms with E-state index in [0.29, 0.717) is 6.42 Å². The van der Waals surface area contributed by atoms with E-state index in [4.69, 9.17) is 0 Å². The predicted octanol–water partition coefficient (Wildman–Crippen LogP) is 15.2. The molecular formula is C52H91NO3. The van der Waals surface area contributed by atoms with Gasteiger partial charge in [-0.3, -0.25) is 4.79 Å². The highest BCUT2D eigenvalue weighted by Gasteiger charge is 2.17. The molecule has 0 rings (SSSR count). The van der Waals surface area contributed by atoms with E-state index in [9.17, 15) is 15.0 Å². The summed E-state index contributed by atoms with van der Waals surface area (Å²) in [7, 11) is 0. The minimum absolute atomic E-state index is 0.132. The summed E-state index contributed by atoms with van der Waals surface area (Å²) in [6.45, 7) is 4.16. The zero-order chi connectivity index (χ0) is 40.7. The molecule has 0 aromatic carbocycles. The molecule has 0 saturated carbocycles. The first-order chi connectivity index (χ1) is 27.7. The third-order valence-electron chi connectivity index (χ3n) is 10.4. The summed E-state index contributed by atoms with van der Waals surface area (Å²) in [5, 5.41) is 23.0.